The van der Waals surface area contributed by atoms with Crippen LogP contribution >= 0.6 is 0 Å². The molecule has 2 N–H and O–H groups in total. The molecule has 0 saturated heterocycles. The van der Waals surface area contributed by atoms with Crippen molar-refractivity contribution < 1.29 is 18.0 Å². The zero-order chi connectivity index (χ0) is 16.2. The molecule has 1 aromatic carbocycles. The molecule has 1 aromatic heterocycles. The highest BCUT2D eigenvalue weighted by atomic mass is 19.4. The number of carbonyl (C=O) groups is 1. The van der Waals surface area contributed by atoms with Crippen LogP contribution in [0.5, 0.6) is 0 Å². The molecule has 0 spiro atoms. The lowest BCUT2D eigenvalue weighted by molar-refractivity contribution is -0.138. The molecular formula is C15H13F3N2O2. The van der Waals surface area contributed by atoms with E-state index < -0.39 is 23.2 Å². The van der Waals surface area contributed by atoms with Gasteiger partial charge in [0.2, 0.25) is 0 Å². The van der Waals surface area contributed by atoms with Gasteiger partial charge in [-0.15, -0.1) is 0 Å². The first-order chi connectivity index (χ1) is 10.4. The largest absolute Gasteiger partial charge is 0.416 e. The summed E-state index contributed by atoms with van der Waals surface area (Å²) < 4.78 is 38.5. The first-order valence-electron chi connectivity index (χ1n) is 6.50. The molecule has 116 valence electrons. The first kappa shape index (κ1) is 15.8. The second kappa shape index (κ2) is 6.46. The second-order valence-electron chi connectivity index (χ2n) is 4.57. The highest BCUT2D eigenvalue weighted by molar-refractivity contribution is 5.93. The molecule has 0 atom stereocenters. The zero-order valence-electron chi connectivity index (χ0n) is 11.4. The van der Waals surface area contributed by atoms with Crippen LogP contribution in [0.4, 0.5) is 13.2 Å². The quantitative estimate of drug-likeness (QED) is 0.910. The molecule has 2 rings (SSSR count). The first-order valence-corrected chi connectivity index (χ1v) is 6.50. The molecule has 0 saturated carbocycles. The summed E-state index contributed by atoms with van der Waals surface area (Å²) in [5, 5.41) is 2.44. The Kier molecular flexibility index (Phi) is 4.65. The Labute approximate surface area is 124 Å². The molecule has 0 fully saturated rings. The fraction of sp³-hybridized carbons (Fsp3) is 0.200. The van der Waals surface area contributed by atoms with Crippen molar-refractivity contribution in [3.8, 4) is 0 Å². The molecule has 2 aromatic rings. The minimum absolute atomic E-state index is 0.000259. The molecule has 1 amide bonds. The minimum Gasteiger partial charge on any atom is -0.352 e. The fourth-order valence-corrected chi connectivity index (χ4v) is 2.02. The molecule has 0 unspecified atom stereocenters. The predicted octanol–water partition coefficient (Wildman–Crippen LogP) is 2.37. The van der Waals surface area contributed by atoms with E-state index in [0.717, 1.165) is 6.07 Å². The van der Waals surface area contributed by atoms with Crippen LogP contribution in [0.1, 0.15) is 21.5 Å². The van der Waals surface area contributed by atoms with E-state index in [-0.39, 0.29) is 24.1 Å². The summed E-state index contributed by atoms with van der Waals surface area (Å²) in [6.45, 7) is 0.000259. The van der Waals surface area contributed by atoms with Gasteiger partial charge < -0.3 is 10.3 Å². The van der Waals surface area contributed by atoms with Crippen molar-refractivity contribution in [2.75, 3.05) is 6.54 Å². The second-order valence-corrected chi connectivity index (χ2v) is 4.57. The Morgan fingerprint density at radius 1 is 1.14 bits per heavy atom. The number of aromatic amines is 1. The normalized spacial score (nSPS) is 11.2. The number of carbonyl (C=O) groups excluding carboxylic acids is 1. The number of aromatic nitrogens is 1. The van der Waals surface area contributed by atoms with Crippen LogP contribution < -0.4 is 10.9 Å². The minimum atomic E-state index is -4.43. The van der Waals surface area contributed by atoms with E-state index in [1.54, 1.807) is 0 Å². The maximum Gasteiger partial charge on any atom is 0.416 e. The van der Waals surface area contributed by atoms with E-state index >= 15 is 0 Å². The van der Waals surface area contributed by atoms with Crippen LogP contribution in [0.25, 0.3) is 0 Å². The lowest BCUT2D eigenvalue weighted by Crippen LogP contribution is -2.31. The Bertz CT molecular complexity index is 723. The van der Waals surface area contributed by atoms with E-state index in [1.807, 2.05) is 0 Å². The highest BCUT2D eigenvalue weighted by Crippen LogP contribution is 2.31. The fourth-order valence-electron chi connectivity index (χ4n) is 2.02. The molecule has 0 aliphatic rings. The third kappa shape index (κ3) is 3.75. The zero-order valence-corrected chi connectivity index (χ0v) is 11.4. The van der Waals surface area contributed by atoms with Gasteiger partial charge in [0.15, 0.2) is 0 Å². The van der Waals surface area contributed by atoms with Crippen molar-refractivity contribution in [2.24, 2.45) is 0 Å². The molecule has 7 heteroatoms. The van der Waals surface area contributed by atoms with Gasteiger partial charge in [-0.2, -0.15) is 13.2 Å². The van der Waals surface area contributed by atoms with Crippen molar-refractivity contribution in [1.82, 2.24) is 10.3 Å². The maximum atomic E-state index is 12.8. The molecule has 4 nitrogen and oxygen atoms in total. The summed E-state index contributed by atoms with van der Waals surface area (Å²) in [5.74, 6) is -0.619. The molecule has 0 radical (unpaired) electrons. The Hall–Kier alpha value is -2.57. The molecule has 0 aliphatic heterocycles. The van der Waals surface area contributed by atoms with Crippen molar-refractivity contribution in [2.45, 2.75) is 12.6 Å². The smallest absolute Gasteiger partial charge is 0.352 e. The van der Waals surface area contributed by atoms with Gasteiger partial charge >= 0.3 is 6.18 Å². The van der Waals surface area contributed by atoms with Crippen molar-refractivity contribution >= 4 is 5.91 Å². The van der Waals surface area contributed by atoms with Crippen LogP contribution in [-0.4, -0.2) is 17.4 Å². The molecular weight excluding hydrogens is 297 g/mol. The molecule has 0 aliphatic carbocycles. The molecule has 0 bridgehead atoms. The highest BCUT2D eigenvalue weighted by Gasteiger charge is 2.32. The topological polar surface area (TPSA) is 62.0 Å². The summed E-state index contributed by atoms with van der Waals surface area (Å²) >= 11 is 0. The van der Waals surface area contributed by atoms with Crippen LogP contribution in [0, 0.1) is 0 Å². The third-order valence-corrected chi connectivity index (χ3v) is 3.07. The lowest BCUT2D eigenvalue weighted by Gasteiger charge is -2.12. The van der Waals surface area contributed by atoms with Gasteiger partial charge in [0, 0.05) is 12.7 Å². The van der Waals surface area contributed by atoms with E-state index in [0.29, 0.717) is 0 Å². The van der Waals surface area contributed by atoms with Crippen LogP contribution in [0.15, 0.2) is 47.4 Å². The average Bonchev–Trinajstić information content (AvgIpc) is 2.47. The number of pyridine rings is 1. The number of H-pyrrole nitrogens is 1. The van der Waals surface area contributed by atoms with E-state index in [4.69, 9.17) is 0 Å². The summed E-state index contributed by atoms with van der Waals surface area (Å²) in [6.07, 6.45) is -3.03. The van der Waals surface area contributed by atoms with Gasteiger partial charge in [0.1, 0.15) is 5.56 Å². The van der Waals surface area contributed by atoms with Gasteiger partial charge in [0.05, 0.1) is 5.56 Å². The van der Waals surface area contributed by atoms with Gasteiger partial charge in [-0.25, -0.2) is 0 Å². The summed E-state index contributed by atoms with van der Waals surface area (Å²) in [5.41, 5.74) is -1.25. The van der Waals surface area contributed by atoms with Gasteiger partial charge in [-0.1, -0.05) is 18.2 Å². The Morgan fingerprint density at radius 3 is 2.55 bits per heavy atom. The monoisotopic (exact) mass is 310 g/mol. The van der Waals surface area contributed by atoms with Crippen LogP contribution in [0.3, 0.4) is 0 Å². The summed E-state index contributed by atoms with van der Waals surface area (Å²) in [4.78, 5) is 25.6. The number of alkyl halides is 3. The summed E-state index contributed by atoms with van der Waals surface area (Å²) in [6, 6.07) is 8.03. The number of hydrogen-bond donors (Lipinski definition) is 2. The van der Waals surface area contributed by atoms with Crippen LogP contribution in [-0.2, 0) is 12.6 Å². The number of hydrogen-bond acceptors (Lipinski definition) is 2. The average molecular weight is 310 g/mol. The third-order valence-electron chi connectivity index (χ3n) is 3.07. The number of rotatable bonds is 4. The van der Waals surface area contributed by atoms with E-state index in [9.17, 15) is 22.8 Å². The van der Waals surface area contributed by atoms with Gasteiger partial charge in [-0.05, 0) is 30.2 Å². The number of halogens is 3. The Morgan fingerprint density at radius 2 is 1.86 bits per heavy atom. The predicted molar refractivity (Wildman–Crippen MR) is 74.5 cm³/mol. The Balaban J connectivity index is 2.02. The molecule has 1 heterocycles. The number of nitrogens with one attached hydrogen (secondary N) is 2. The number of amides is 1. The maximum absolute atomic E-state index is 12.8. The van der Waals surface area contributed by atoms with E-state index in [1.165, 1.54) is 36.5 Å². The van der Waals surface area contributed by atoms with Crippen molar-refractivity contribution in [3.63, 3.8) is 0 Å². The van der Waals surface area contributed by atoms with Gasteiger partial charge in [-0.3, -0.25) is 9.59 Å². The van der Waals surface area contributed by atoms with Gasteiger partial charge in [0.25, 0.3) is 11.5 Å². The number of benzene rings is 1. The molecule has 22 heavy (non-hydrogen) atoms. The summed E-state index contributed by atoms with van der Waals surface area (Å²) in [7, 11) is 0. The van der Waals surface area contributed by atoms with E-state index in [2.05, 4.69) is 10.3 Å². The van der Waals surface area contributed by atoms with Crippen LogP contribution in [0.2, 0.25) is 0 Å². The lowest BCUT2D eigenvalue weighted by atomic mass is 10.0. The SMILES string of the molecule is O=C(NCCc1ccccc1C(F)(F)F)c1ccc[nH]c1=O. The standard InChI is InChI=1S/C15H13F3N2O2/c16-15(17,18)12-6-2-1-4-10(12)7-9-20-14(22)11-5-3-8-19-13(11)21/h1-6,8H,7,9H2,(H,19,21)(H,20,22). The van der Waals surface area contributed by atoms with Crippen molar-refractivity contribution in [1.29, 1.82) is 0 Å². The van der Waals surface area contributed by atoms with Crippen molar-refractivity contribution in [3.05, 3.63) is 69.6 Å².